The van der Waals surface area contributed by atoms with Gasteiger partial charge in [-0.2, -0.15) is 8.78 Å². The van der Waals surface area contributed by atoms with Crippen LogP contribution in [0.4, 0.5) is 14.5 Å². The highest BCUT2D eigenvalue weighted by Gasteiger charge is 2.53. The largest absolute Gasteiger partial charge is 0.341 e. The number of rotatable bonds is 5. The van der Waals surface area contributed by atoms with Crippen LogP contribution in [0.2, 0.25) is 0 Å². The van der Waals surface area contributed by atoms with E-state index in [1.54, 1.807) is 0 Å². The molecule has 0 saturated heterocycles. The minimum Gasteiger partial charge on any atom is -0.326 e. The highest BCUT2D eigenvalue weighted by atomic mass is 32.2. The molecule has 2 atom stereocenters. The van der Waals surface area contributed by atoms with E-state index in [1.165, 1.54) is 0 Å². The molecule has 2 unspecified atom stereocenters. The monoisotopic (exact) mass is 320 g/mol. The first-order valence-corrected chi connectivity index (χ1v) is 7.34. The Hall–Kier alpha value is -2.10. The van der Waals surface area contributed by atoms with Crippen LogP contribution in [0.5, 0.6) is 0 Å². The summed E-state index contributed by atoms with van der Waals surface area (Å²) >= 11 is 0. The van der Waals surface area contributed by atoms with E-state index in [9.17, 15) is 32.1 Å². The average molecular weight is 320 g/mol. The predicted molar refractivity (Wildman–Crippen MR) is 67.2 cm³/mol. The maximum Gasteiger partial charge on any atom is 0.341 e. The van der Waals surface area contributed by atoms with Gasteiger partial charge in [-0.25, -0.2) is 8.42 Å². The summed E-state index contributed by atoms with van der Waals surface area (Å²) in [6.45, 7) is 0. The lowest BCUT2D eigenvalue weighted by atomic mass is 10.3. The van der Waals surface area contributed by atoms with E-state index in [0.717, 1.165) is 24.3 Å². The van der Waals surface area contributed by atoms with Crippen molar-refractivity contribution in [2.24, 2.45) is 5.92 Å². The molecule has 1 N–H and O–H groups in total. The third-order valence-corrected chi connectivity index (χ3v) is 4.45. The number of alkyl halides is 2. The van der Waals surface area contributed by atoms with Crippen LogP contribution in [0.25, 0.3) is 0 Å². The maximum absolute atomic E-state index is 12.3. The lowest BCUT2D eigenvalue weighted by molar-refractivity contribution is -0.497. The van der Waals surface area contributed by atoms with Gasteiger partial charge in [-0.15, -0.1) is 0 Å². The summed E-state index contributed by atoms with van der Waals surface area (Å²) in [6, 6.07) is 3.28. The van der Waals surface area contributed by atoms with Crippen molar-refractivity contribution in [3.8, 4) is 0 Å². The molecule has 0 bridgehead atoms. The van der Waals surface area contributed by atoms with Crippen LogP contribution in [0, 0.1) is 16.0 Å². The topological polar surface area (TPSA) is 106 Å². The number of halogens is 2. The van der Waals surface area contributed by atoms with Gasteiger partial charge in [-0.1, -0.05) is 0 Å². The molecule has 1 aliphatic rings. The zero-order valence-electron chi connectivity index (χ0n) is 10.4. The fourth-order valence-electron chi connectivity index (χ4n) is 1.76. The standard InChI is InChI=1S/C11H10F2N2O5S/c12-11(13)21(19,20)7-3-1-6(2-4-7)14-10(16)8-5-9(8)15(17)18/h1-4,8-9,11H,5H2,(H,14,16). The molecule has 0 aliphatic heterocycles. The number of nitrogens with zero attached hydrogens (tertiary/aromatic N) is 1. The molecule has 10 heteroatoms. The molecule has 1 saturated carbocycles. The van der Waals surface area contributed by atoms with Crippen LogP contribution in [-0.4, -0.2) is 31.0 Å². The Labute approximate surface area is 118 Å². The van der Waals surface area contributed by atoms with Crippen molar-refractivity contribution in [3.05, 3.63) is 34.4 Å². The molecular formula is C11H10F2N2O5S. The Morgan fingerprint density at radius 2 is 1.90 bits per heavy atom. The summed E-state index contributed by atoms with van der Waals surface area (Å²) in [6.07, 6.45) is 0.149. The van der Waals surface area contributed by atoms with E-state index in [1.807, 2.05) is 0 Å². The Balaban J connectivity index is 2.04. The van der Waals surface area contributed by atoms with Crippen molar-refractivity contribution < 1.29 is 26.9 Å². The van der Waals surface area contributed by atoms with Gasteiger partial charge < -0.3 is 5.32 Å². The summed E-state index contributed by atoms with van der Waals surface area (Å²) in [5.41, 5.74) is 0.183. The van der Waals surface area contributed by atoms with Gasteiger partial charge in [0.2, 0.25) is 21.8 Å². The summed E-state index contributed by atoms with van der Waals surface area (Å²) in [5, 5.41) is 12.8. The van der Waals surface area contributed by atoms with Gasteiger partial charge in [0, 0.05) is 17.0 Å². The van der Waals surface area contributed by atoms with E-state index in [-0.39, 0.29) is 12.1 Å². The van der Waals surface area contributed by atoms with Crippen molar-refractivity contribution in [2.75, 3.05) is 5.32 Å². The van der Waals surface area contributed by atoms with Gasteiger partial charge in [0.15, 0.2) is 0 Å². The number of carbonyl (C=O) groups is 1. The van der Waals surface area contributed by atoms with Gasteiger partial charge >= 0.3 is 5.76 Å². The van der Waals surface area contributed by atoms with Gasteiger partial charge in [0.25, 0.3) is 0 Å². The first-order valence-electron chi connectivity index (χ1n) is 5.80. The number of hydrogen-bond donors (Lipinski definition) is 1. The molecular weight excluding hydrogens is 310 g/mol. The fourth-order valence-corrected chi connectivity index (χ4v) is 2.48. The Kier molecular flexibility index (Phi) is 3.90. The second-order valence-electron chi connectivity index (χ2n) is 4.51. The number of sulfone groups is 1. The van der Waals surface area contributed by atoms with Gasteiger partial charge in [-0.3, -0.25) is 14.9 Å². The van der Waals surface area contributed by atoms with E-state index < -0.39 is 43.3 Å². The number of nitro groups is 1. The molecule has 1 fully saturated rings. The number of amides is 1. The van der Waals surface area contributed by atoms with Crippen LogP contribution in [0.3, 0.4) is 0 Å². The lowest BCUT2D eigenvalue weighted by Crippen LogP contribution is -2.18. The molecule has 1 amide bonds. The Bertz CT molecular complexity index is 674. The molecule has 1 aromatic rings. The number of hydrogen-bond acceptors (Lipinski definition) is 5. The van der Waals surface area contributed by atoms with E-state index in [4.69, 9.17) is 0 Å². The molecule has 7 nitrogen and oxygen atoms in total. The zero-order valence-corrected chi connectivity index (χ0v) is 11.2. The van der Waals surface area contributed by atoms with Crippen molar-refractivity contribution in [3.63, 3.8) is 0 Å². The fraction of sp³-hybridized carbons (Fsp3) is 0.364. The number of anilines is 1. The SMILES string of the molecule is O=C(Nc1ccc(S(=O)(=O)C(F)F)cc1)C1CC1[N+](=O)[O-]. The summed E-state index contributed by atoms with van der Waals surface area (Å²) in [7, 11) is -4.68. The molecule has 0 spiro atoms. The van der Waals surface area contributed by atoms with E-state index in [0.29, 0.717) is 0 Å². The average Bonchev–Trinajstić information content (AvgIpc) is 3.19. The van der Waals surface area contributed by atoms with Crippen molar-refractivity contribution in [1.29, 1.82) is 0 Å². The quantitative estimate of drug-likeness (QED) is 0.650. The third-order valence-electron chi connectivity index (χ3n) is 3.05. The van der Waals surface area contributed by atoms with Crippen LogP contribution < -0.4 is 5.32 Å². The second kappa shape index (κ2) is 5.35. The van der Waals surface area contributed by atoms with E-state index >= 15 is 0 Å². The number of carbonyl (C=O) groups excluding carboxylic acids is 1. The van der Waals surface area contributed by atoms with Crippen LogP contribution >= 0.6 is 0 Å². The Morgan fingerprint density at radius 1 is 1.33 bits per heavy atom. The summed E-state index contributed by atoms with van der Waals surface area (Å²) in [4.78, 5) is 21.0. The van der Waals surface area contributed by atoms with Gasteiger partial charge in [0.1, 0.15) is 5.92 Å². The van der Waals surface area contributed by atoms with Crippen molar-refractivity contribution >= 4 is 21.4 Å². The highest BCUT2D eigenvalue weighted by molar-refractivity contribution is 7.91. The van der Waals surface area contributed by atoms with Crippen LogP contribution in [0.15, 0.2) is 29.2 Å². The smallest absolute Gasteiger partial charge is 0.326 e. The summed E-state index contributed by atoms with van der Waals surface area (Å²) in [5.74, 6) is -4.80. The first-order chi connectivity index (χ1) is 9.73. The molecule has 0 radical (unpaired) electrons. The predicted octanol–water partition coefficient (Wildman–Crippen LogP) is 1.29. The second-order valence-corrected chi connectivity index (χ2v) is 6.43. The zero-order chi connectivity index (χ0) is 15.8. The van der Waals surface area contributed by atoms with E-state index in [2.05, 4.69) is 5.32 Å². The van der Waals surface area contributed by atoms with Gasteiger partial charge in [0.05, 0.1) is 4.90 Å². The minimum atomic E-state index is -4.68. The lowest BCUT2D eigenvalue weighted by Gasteiger charge is -2.06. The van der Waals surface area contributed by atoms with Crippen molar-refractivity contribution in [1.82, 2.24) is 0 Å². The summed E-state index contributed by atoms with van der Waals surface area (Å²) < 4.78 is 47.0. The Morgan fingerprint density at radius 3 is 2.33 bits per heavy atom. The normalized spacial score (nSPS) is 21.1. The molecule has 1 aliphatic carbocycles. The minimum absolute atomic E-state index is 0.149. The molecule has 21 heavy (non-hydrogen) atoms. The third kappa shape index (κ3) is 3.15. The van der Waals surface area contributed by atoms with Crippen molar-refractivity contribution in [2.45, 2.75) is 23.1 Å². The molecule has 1 aromatic carbocycles. The molecule has 0 aromatic heterocycles. The number of benzene rings is 1. The molecule has 114 valence electrons. The van der Waals surface area contributed by atoms with Crippen LogP contribution in [0.1, 0.15) is 6.42 Å². The molecule has 2 rings (SSSR count). The number of nitrogens with one attached hydrogen (secondary N) is 1. The van der Waals surface area contributed by atoms with Crippen LogP contribution in [-0.2, 0) is 14.6 Å². The first kappa shape index (κ1) is 15.3. The van der Waals surface area contributed by atoms with Gasteiger partial charge in [-0.05, 0) is 24.3 Å². The highest BCUT2D eigenvalue weighted by Crippen LogP contribution is 2.34. The maximum atomic E-state index is 12.3. The molecule has 0 heterocycles.